The van der Waals surface area contributed by atoms with Crippen molar-refractivity contribution in [2.24, 2.45) is 5.41 Å². The van der Waals surface area contributed by atoms with Gasteiger partial charge in [0.2, 0.25) is 0 Å². The minimum atomic E-state index is -3.86. The van der Waals surface area contributed by atoms with Crippen LogP contribution in [0.3, 0.4) is 0 Å². The van der Waals surface area contributed by atoms with Crippen LogP contribution in [-0.4, -0.2) is 36.1 Å². The lowest BCUT2D eigenvalue weighted by Crippen LogP contribution is -2.33. The Balaban J connectivity index is 1.93. The van der Waals surface area contributed by atoms with Crippen LogP contribution in [0.2, 0.25) is 0 Å². The summed E-state index contributed by atoms with van der Waals surface area (Å²) in [5.74, 6) is 0.848. The van der Waals surface area contributed by atoms with Gasteiger partial charge in [0, 0.05) is 23.9 Å². The standard InChI is InChI=1S/C20H29N5O6S2/c1-7-24(8-2)33(28,29)19-15(26)13(11-32-19)21-17-18(25(27)31-23-17)22-16(20(4,5)6)14-10-9-12(3)30-14/h9-11,16,22,26H,7-8H2,1-6H3,(H,21,23)/t16-/m0/s1. The Morgan fingerprint density at radius 3 is 2.52 bits per heavy atom. The zero-order valence-corrected chi connectivity index (χ0v) is 21.0. The maximum absolute atomic E-state index is 12.8. The number of aryl methyl sites for hydroxylation is 1. The summed E-state index contributed by atoms with van der Waals surface area (Å²) in [7, 11) is -3.86. The van der Waals surface area contributed by atoms with Crippen molar-refractivity contribution in [3.05, 3.63) is 34.2 Å². The first-order valence-corrected chi connectivity index (χ1v) is 12.7. The van der Waals surface area contributed by atoms with Crippen molar-refractivity contribution in [2.45, 2.75) is 51.8 Å². The molecule has 0 saturated heterocycles. The zero-order valence-electron chi connectivity index (χ0n) is 19.4. The van der Waals surface area contributed by atoms with Gasteiger partial charge in [-0.25, -0.2) is 8.42 Å². The third-order valence-electron chi connectivity index (χ3n) is 5.07. The van der Waals surface area contributed by atoms with Crippen LogP contribution in [0, 0.1) is 17.5 Å². The summed E-state index contributed by atoms with van der Waals surface area (Å²) >= 11 is 0.871. The largest absolute Gasteiger partial charge is 0.504 e. The Kier molecular flexibility index (Phi) is 6.96. The summed E-state index contributed by atoms with van der Waals surface area (Å²) in [6, 6.07) is 3.24. The number of sulfonamides is 1. The minimum absolute atomic E-state index is 0.0117. The average Bonchev–Trinajstić information content (AvgIpc) is 3.40. The van der Waals surface area contributed by atoms with Crippen molar-refractivity contribution in [3.8, 4) is 5.75 Å². The number of aromatic nitrogens is 2. The van der Waals surface area contributed by atoms with E-state index in [1.165, 1.54) is 9.69 Å². The first kappa shape index (κ1) is 24.9. The molecule has 3 heterocycles. The summed E-state index contributed by atoms with van der Waals surface area (Å²) in [5, 5.41) is 34.0. The van der Waals surface area contributed by atoms with Gasteiger partial charge >= 0.3 is 11.6 Å². The van der Waals surface area contributed by atoms with E-state index < -0.39 is 21.8 Å². The van der Waals surface area contributed by atoms with Crippen molar-refractivity contribution in [1.82, 2.24) is 9.46 Å². The molecule has 0 radical (unpaired) electrons. The molecule has 0 aliphatic carbocycles. The Morgan fingerprint density at radius 1 is 1.30 bits per heavy atom. The van der Waals surface area contributed by atoms with E-state index in [0.29, 0.717) is 5.76 Å². The van der Waals surface area contributed by atoms with E-state index in [2.05, 4.69) is 15.8 Å². The van der Waals surface area contributed by atoms with Crippen molar-refractivity contribution >= 4 is 38.7 Å². The van der Waals surface area contributed by atoms with E-state index in [1.807, 2.05) is 39.8 Å². The lowest BCUT2D eigenvalue weighted by atomic mass is 9.85. The van der Waals surface area contributed by atoms with Crippen LogP contribution in [-0.2, 0) is 10.0 Å². The highest BCUT2D eigenvalue weighted by Gasteiger charge is 2.35. The highest BCUT2D eigenvalue weighted by molar-refractivity contribution is 7.91. The molecule has 0 spiro atoms. The van der Waals surface area contributed by atoms with Crippen molar-refractivity contribution < 1.29 is 27.5 Å². The van der Waals surface area contributed by atoms with Crippen LogP contribution >= 0.6 is 11.3 Å². The number of furan rings is 1. The number of nitrogens with zero attached hydrogens (tertiary/aromatic N) is 3. The third-order valence-corrected chi connectivity index (χ3v) is 8.61. The van der Waals surface area contributed by atoms with Crippen LogP contribution in [0.25, 0.3) is 0 Å². The molecule has 13 heteroatoms. The quantitative estimate of drug-likeness (QED) is 0.372. The molecule has 0 aliphatic heterocycles. The molecule has 3 rings (SSSR count). The summed E-state index contributed by atoms with van der Waals surface area (Å²) in [6.45, 7) is 11.7. The minimum Gasteiger partial charge on any atom is -0.504 e. The van der Waals surface area contributed by atoms with Gasteiger partial charge < -0.3 is 24.7 Å². The topological polar surface area (TPSA) is 148 Å². The monoisotopic (exact) mass is 499 g/mol. The fourth-order valence-corrected chi connectivity index (χ4v) is 6.16. The molecule has 0 fully saturated rings. The fourth-order valence-electron chi connectivity index (χ4n) is 3.33. The third kappa shape index (κ3) is 4.94. The van der Waals surface area contributed by atoms with Gasteiger partial charge in [0.15, 0.2) is 9.96 Å². The molecule has 3 aromatic rings. The van der Waals surface area contributed by atoms with E-state index in [9.17, 15) is 18.7 Å². The molecule has 11 nitrogen and oxygen atoms in total. The Morgan fingerprint density at radius 2 is 1.97 bits per heavy atom. The number of aromatic hydroxyl groups is 1. The smallest absolute Gasteiger partial charge is 0.320 e. The van der Waals surface area contributed by atoms with Crippen LogP contribution in [0.4, 0.5) is 17.3 Å². The molecule has 0 aliphatic rings. The molecule has 3 aromatic heterocycles. The predicted octanol–water partition coefficient (Wildman–Crippen LogP) is 3.95. The average molecular weight is 500 g/mol. The number of anilines is 3. The summed E-state index contributed by atoms with van der Waals surface area (Å²) in [5.41, 5.74) is -0.273. The molecular formula is C20H29N5O6S2. The van der Waals surface area contributed by atoms with Crippen LogP contribution < -0.4 is 15.5 Å². The first-order chi connectivity index (χ1) is 15.4. The molecular weight excluding hydrogens is 470 g/mol. The second-order valence-corrected chi connectivity index (χ2v) is 11.5. The molecule has 0 saturated carbocycles. The molecule has 0 unspecified atom stereocenters. The lowest BCUT2D eigenvalue weighted by molar-refractivity contribution is -0.791. The Labute approximate surface area is 196 Å². The fraction of sp³-hybridized carbons (Fsp3) is 0.500. The van der Waals surface area contributed by atoms with Crippen LogP contribution in [0.1, 0.15) is 52.2 Å². The first-order valence-electron chi connectivity index (χ1n) is 10.4. The van der Waals surface area contributed by atoms with Crippen LogP contribution in [0.15, 0.2) is 30.8 Å². The number of rotatable bonds is 9. The molecule has 33 heavy (non-hydrogen) atoms. The van der Waals surface area contributed by atoms with Gasteiger partial charge in [-0.05, 0) is 24.2 Å². The van der Waals surface area contributed by atoms with Gasteiger partial charge in [0.1, 0.15) is 17.6 Å². The molecule has 0 bridgehead atoms. The number of hydrogen-bond acceptors (Lipinski definition) is 10. The van der Waals surface area contributed by atoms with E-state index >= 15 is 0 Å². The van der Waals surface area contributed by atoms with E-state index in [0.717, 1.165) is 17.1 Å². The lowest BCUT2D eigenvalue weighted by Gasteiger charge is -2.27. The number of thiophene rings is 1. The number of nitrogens with one attached hydrogen (secondary N) is 2. The van der Waals surface area contributed by atoms with Crippen molar-refractivity contribution in [2.75, 3.05) is 23.7 Å². The summed E-state index contributed by atoms with van der Waals surface area (Å²) < 4.78 is 37.2. The van der Waals surface area contributed by atoms with Gasteiger partial charge in [0.25, 0.3) is 10.0 Å². The summed E-state index contributed by atoms with van der Waals surface area (Å²) in [4.78, 5) is 0.202. The summed E-state index contributed by atoms with van der Waals surface area (Å²) in [6.07, 6.45) is 0. The normalized spacial score (nSPS) is 13.4. The highest BCUT2D eigenvalue weighted by atomic mass is 32.2. The van der Waals surface area contributed by atoms with Gasteiger partial charge in [-0.15, -0.1) is 11.3 Å². The molecule has 182 valence electrons. The SMILES string of the molecule is CCN(CC)S(=O)(=O)c1scc(Nc2no[n+]([O-])c2N[C@@H](c2ccc(C)o2)C(C)(C)C)c1O. The second kappa shape index (κ2) is 9.23. The molecule has 0 amide bonds. The van der Waals surface area contributed by atoms with Gasteiger partial charge in [-0.1, -0.05) is 39.5 Å². The van der Waals surface area contributed by atoms with E-state index in [4.69, 9.17) is 9.05 Å². The van der Waals surface area contributed by atoms with Crippen LogP contribution in [0.5, 0.6) is 5.75 Å². The van der Waals surface area contributed by atoms with Gasteiger partial charge in [-0.3, -0.25) is 5.32 Å². The Bertz CT molecular complexity index is 1200. The van der Waals surface area contributed by atoms with E-state index in [1.54, 1.807) is 13.8 Å². The molecule has 0 aromatic carbocycles. The number of hydrogen-bond donors (Lipinski definition) is 3. The Hall–Kier alpha value is -2.77. The zero-order chi connectivity index (χ0) is 24.6. The second-order valence-electron chi connectivity index (χ2n) is 8.52. The highest BCUT2D eigenvalue weighted by Crippen LogP contribution is 2.42. The van der Waals surface area contributed by atoms with Gasteiger partial charge in [-0.2, -0.15) is 4.31 Å². The molecule has 1 atom stereocenters. The predicted molar refractivity (Wildman–Crippen MR) is 124 cm³/mol. The van der Waals surface area contributed by atoms with Crippen molar-refractivity contribution in [3.63, 3.8) is 0 Å². The maximum atomic E-state index is 12.8. The van der Waals surface area contributed by atoms with Gasteiger partial charge in [0.05, 0.1) is 5.69 Å². The maximum Gasteiger partial charge on any atom is 0.320 e. The van der Waals surface area contributed by atoms with E-state index in [-0.39, 0.29) is 44.9 Å². The van der Waals surface area contributed by atoms with Crippen molar-refractivity contribution in [1.29, 1.82) is 0 Å². The molecule has 3 N–H and O–H groups in total.